The molecule has 0 N–H and O–H groups in total. The smallest absolute Gasteiger partial charge is 0.329 e. The van der Waals surface area contributed by atoms with Crippen molar-refractivity contribution in [3.63, 3.8) is 0 Å². The zero-order chi connectivity index (χ0) is 21.2. The number of ether oxygens (including phenoxy) is 1. The molecule has 7 nitrogen and oxygen atoms in total. The number of esters is 1. The molecule has 0 aliphatic carbocycles. The number of hydrogen-bond donors (Lipinski definition) is 0. The third-order valence-electron chi connectivity index (χ3n) is 4.63. The first-order chi connectivity index (χ1) is 12.9. The lowest BCUT2D eigenvalue weighted by Crippen LogP contribution is -2.49. The minimum Gasteiger partial charge on any atom is -0.458 e. The van der Waals surface area contributed by atoms with Crippen LogP contribution in [-0.2, 0) is 20.9 Å². The lowest BCUT2D eigenvalue weighted by atomic mass is 9.97. The van der Waals surface area contributed by atoms with Gasteiger partial charge in [0.05, 0.1) is 17.2 Å². The third-order valence-corrected chi connectivity index (χ3v) is 5.83. The molecule has 1 aliphatic heterocycles. The topological polar surface area (TPSA) is 79.8 Å². The van der Waals surface area contributed by atoms with Crippen LogP contribution in [0.2, 0.25) is 0 Å². The molecule has 0 bridgehead atoms. The van der Waals surface area contributed by atoms with Gasteiger partial charge in [-0.3, -0.25) is 9.69 Å². The predicted molar refractivity (Wildman–Crippen MR) is 108 cm³/mol. The second-order valence-corrected chi connectivity index (χ2v) is 9.48. The minimum atomic E-state index is -0.785. The van der Waals surface area contributed by atoms with Crippen molar-refractivity contribution in [2.24, 2.45) is 5.92 Å². The van der Waals surface area contributed by atoms with Gasteiger partial charge in [-0.15, -0.1) is 11.3 Å². The summed E-state index contributed by atoms with van der Waals surface area (Å²) in [5.74, 6) is -0.623. The van der Waals surface area contributed by atoms with Gasteiger partial charge in [0.25, 0.3) is 5.91 Å². The van der Waals surface area contributed by atoms with Gasteiger partial charge in [0.2, 0.25) is 0 Å². The van der Waals surface area contributed by atoms with Crippen molar-refractivity contribution in [1.29, 1.82) is 0 Å². The van der Waals surface area contributed by atoms with Crippen LogP contribution in [0.4, 0.5) is 4.79 Å². The molecule has 1 aromatic heterocycles. The normalized spacial score (nSPS) is 17.4. The minimum absolute atomic E-state index is 0.117. The number of imide groups is 1. The fourth-order valence-corrected chi connectivity index (χ4v) is 3.83. The fraction of sp³-hybridized carbons (Fsp3) is 0.700. The van der Waals surface area contributed by atoms with Crippen molar-refractivity contribution in [2.75, 3.05) is 6.54 Å². The number of carbonyl (C=O) groups is 3. The standard InChI is InChI=1S/C20H31N3O4S/c1-8-13(4)16(18(25)27-20(5,6)7)23-10-15(24)22(19(23)26)9-14-11-28-17(21-14)12(2)3/h11-13,16H,8-10H2,1-7H3/t13-,16-/m0/s1. The highest BCUT2D eigenvalue weighted by molar-refractivity contribution is 7.09. The van der Waals surface area contributed by atoms with Gasteiger partial charge in [-0.05, 0) is 26.7 Å². The molecule has 0 saturated carbocycles. The summed E-state index contributed by atoms with van der Waals surface area (Å²) in [6.07, 6.45) is 0.686. The molecule has 1 saturated heterocycles. The van der Waals surface area contributed by atoms with E-state index in [2.05, 4.69) is 4.98 Å². The first kappa shape index (κ1) is 22.3. The van der Waals surface area contributed by atoms with Gasteiger partial charge in [0.1, 0.15) is 18.2 Å². The maximum absolute atomic E-state index is 13.0. The molecular formula is C20H31N3O4S. The Labute approximate surface area is 171 Å². The average Bonchev–Trinajstić information content (AvgIpc) is 3.14. The number of urea groups is 1. The van der Waals surface area contributed by atoms with E-state index in [1.165, 1.54) is 21.1 Å². The number of carbonyl (C=O) groups excluding carboxylic acids is 3. The molecule has 3 amide bonds. The maximum Gasteiger partial charge on any atom is 0.329 e. The van der Waals surface area contributed by atoms with Gasteiger partial charge in [-0.25, -0.2) is 14.6 Å². The van der Waals surface area contributed by atoms with Crippen LogP contribution in [0.25, 0.3) is 0 Å². The molecular weight excluding hydrogens is 378 g/mol. The van der Waals surface area contributed by atoms with Gasteiger partial charge < -0.3 is 9.64 Å². The first-order valence-electron chi connectivity index (χ1n) is 9.72. The van der Waals surface area contributed by atoms with Crippen LogP contribution in [0.1, 0.15) is 71.5 Å². The number of aromatic nitrogens is 1. The van der Waals surface area contributed by atoms with Crippen LogP contribution in [0, 0.1) is 5.92 Å². The largest absolute Gasteiger partial charge is 0.458 e. The van der Waals surface area contributed by atoms with E-state index in [9.17, 15) is 14.4 Å². The average molecular weight is 410 g/mol. The lowest BCUT2D eigenvalue weighted by molar-refractivity contribution is -0.162. The van der Waals surface area contributed by atoms with E-state index in [1.54, 1.807) is 20.8 Å². The Morgan fingerprint density at radius 3 is 2.43 bits per heavy atom. The fourth-order valence-electron chi connectivity index (χ4n) is 3.01. The lowest BCUT2D eigenvalue weighted by Gasteiger charge is -2.32. The summed E-state index contributed by atoms with van der Waals surface area (Å²) in [6.45, 7) is 13.3. The van der Waals surface area contributed by atoms with Crippen LogP contribution in [0.5, 0.6) is 0 Å². The zero-order valence-corrected chi connectivity index (χ0v) is 18.6. The summed E-state index contributed by atoms with van der Waals surface area (Å²) >= 11 is 1.52. The highest BCUT2D eigenvalue weighted by Gasteiger charge is 2.45. The van der Waals surface area contributed by atoms with Gasteiger partial charge in [0.15, 0.2) is 0 Å². The maximum atomic E-state index is 13.0. The van der Waals surface area contributed by atoms with Crippen LogP contribution in [0.15, 0.2) is 5.38 Å². The molecule has 0 unspecified atom stereocenters. The SMILES string of the molecule is CC[C@H](C)[C@@H](C(=O)OC(C)(C)C)N1CC(=O)N(Cc2csc(C(C)C)n2)C1=O. The second kappa shape index (κ2) is 8.59. The Bertz CT molecular complexity index is 738. The number of rotatable bonds is 7. The van der Waals surface area contributed by atoms with Crippen molar-refractivity contribution in [1.82, 2.24) is 14.8 Å². The molecule has 1 aliphatic rings. The van der Waals surface area contributed by atoms with E-state index < -0.39 is 23.6 Å². The van der Waals surface area contributed by atoms with Crippen molar-refractivity contribution >= 4 is 29.2 Å². The van der Waals surface area contributed by atoms with Gasteiger partial charge >= 0.3 is 12.0 Å². The van der Waals surface area contributed by atoms with Crippen molar-refractivity contribution in [3.8, 4) is 0 Å². The number of nitrogens with zero attached hydrogens (tertiary/aromatic N) is 3. The molecule has 2 heterocycles. The van der Waals surface area contributed by atoms with Crippen molar-refractivity contribution in [2.45, 2.75) is 79.0 Å². The van der Waals surface area contributed by atoms with E-state index in [0.29, 0.717) is 18.0 Å². The van der Waals surface area contributed by atoms with E-state index in [0.717, 1.165) is 5.01 Å². The summed E-state index contributed by atoms with van der Waals surface area (Å²) in [7, 11) is 0. The number of thiazole rings is 1. The molecule has 2 rings (SSSR count). The molecule has 8 heteroatoms. The quantitative estimate of drug-likeness (QED) is 0.506. The summed E-state index contributed by atoms with van der Waals surface area (Å²) in [6, 6.07) is -1.24. The Morgan fingerprint density at radius 2 is 1.93 bits per heavy atom. The predicted octanol–water partition coefficient (Wildman–Crippen LogP) is 3.79. The summed E-state index contributed by atoms with van der Waals surface area (Å²) < 4.78 is 5.53. The molecule has 0 spiro atoms. The number of hydrogen-bond acceptors (Lipinski definition) is 6. The Balaban J connectivity index is 2.21. The highest BCUT2D eigenvalue weighted by atomic mass is 32.1. The van der Waals surface area contributed by atoms with E-state index in [4.69, 9.17) is 4.74 Å². The van der Waals surface area contributed by atoms with Crippen LogP contribution in [-0.4, -0.2) is 50.9 Å². The van der Waals surface area contributed by atoms with Gasteiger partial charge in [0, 0.05) is 11.3 Å². The van der Waals surface area contributed by atoms with Gasteiger partial charge in [-0.1, -0.05) is 34.1 Å². The van der Waals surface area contributed by atoms with Crippen molar-refractivity contribution in [3.05, 3.63) is 16.1 Å². The second-order valence-electron chi connectivity index (χ2n) is 8.59. The Morgan fingerprint density at radius 1 is 1.29 bits per heavy atom. The summed E-state index contributed by atoms with van der Waals surface area (Å²) in [4.78, 5) is 45.4. The van der Waals surface area contributed by atoms with Gasteiger partial charge in [-0.2, -0.15) is 0 Å². The zero-order valence-electron chi connectivity index (χ0n) is 17.8. The Kier molecular flexibility index (Phi) is 6.85. The molecule has 0 aromatic carbocycles. The third kappa shape index (κ3) is 5.10. The number of amides is 3. The Hall–Kier alpha value is -1.96. The van der Waals surface area contributed by atoms with Crippen molar-refractivity contribution < 1.29 is 19.1 Å². The van der Waals surface area contributed by atoms with Crippen LogP contribution in [0.3, 0.4) is 0 Å². The molecule has 0 radical (unpaired) electrons. The van der Waals surface area contributed by atoms with E-state index >= 15 is 0 Å². The first-order valence-corrected chi connectivity index (χ1v) is 10.6. The highest BCUT2D eigenvalue weighted by Crippen LogP contribution is 2.26. The molecule has 156 valence electrons. The van der Waals surface area contributed by atoms with Crippen LogP contribution < -0.4 is 0 Å². The molecule has 28 heavy (non-hydrogen) atoms. The summed E-state index contributed by atoms with van der Waals surface area (Å²) in [5, 5.41) is 2.84. The molecule has 2 atom stereocenters. The van der Waals surface area contributed by atoms with E-state index in [1.807, 2.05) is 33.1 Å². The van der Waals surface area contributed by atoms with Crippen LogP contribution >= 0.6 is 11.3 Å². The molecule has 1 fully saturated rings. The van der Waals surface area contributed by atoms with E-state index in [-0.39, 0.29) is 24.9 Å². The monoisotopic (exact) mass is 409 g/mol. The molecule has 1 aromatic rings. The summed E-state index contributed by atoms with van der Waals surface area (Å²) in [5.41, 5.74) is 0.0259.